The topological polar surface area (TPSA) is 43.1 Å². The summed E-state index contributed by atoms with van der Waals surface area (Å²) in [7, 11) is 0. The zero-order valence-corrected chi connectivity index (χ0v) is 8.83. The van der Waals surface area contributed by atoms with Crippen LogP contribution >= 0.6 is 0 Å². The van der Waals surface area contributed by atoms with Crippen molar-refractivity contribution >= 4 is 5.65 Å². The van der Waals surface area contributed by atoms with Crippen LogP contribution in [0.1, 0.15) is 5.69 Å². The third-order valence-corrected chi connectivity index (χ3v) is 2.45. The Balaban J connectivity index is 2.29. The molecule has 0 saturated heterocycles. The summed E-state index contributed by atoms with van der Waals surface area (Å²) in [5, 5.41) is 4.44. The van der Waals surface area contributed by atoms with Crippen molar-refractivity contribution in [3.05, 3.63) is 48.5 Å². The van der Waals surface area contributed by atoms with Crippen LogP contribution in [0.5, 0.6) is 0 Å². The first-order valence-corrected chi connectivity index (χ1v) is 5.06. The molecule has 0 radical (unpaired) electrons. The molecule has 3 heterocycles. The minimum absolute atomic E-state index is 0.851. The zero-order chi connectivity index (χ0) is 11.0. The molecule has 0 aliphatic heterocycles. The lowest BCUT2D eigenvalue weighted by molar-refractivity contribution is 0.906. The molecule has 3 aromatic rings. The van der Waals surface area contributed by atoms with Gasteiger partial charge in [0.2, 0.25) is 0 Å². The molecule has 3 rings (SSSR count). The van der Waals surface area contributed by atoms with Crippen molar-refractivity contribution in [3.63, 3.8) is 0 Å². The van der Waals surface area contributed by atoms with E-state index >= 15 is 0 Å². The van der Waals surface area contributed by atoms with Gasteiger partial charge in [0.25, 0.3) is 0 Å². The molecule has 78 valence electrons. The van der Waals surface area contributed by atoms with Crippen LogP contribution in [0, 0.1) is 6.92 Å². The van der Waals surface area contributed by atoms with E-state index in [1.165, 1.54) is 0 Å². The van der Waals surface area contributed by atoms with Gasteiger partial charge >= 0.3 is 0 Å². The van der Waals surface area contributed by atoms with Crippen LogP contribution in [0.15, 0.2) is 42.9 Å². The Bertz CT molecular complexity index is 628. The summed E-state index contributed by atoms with van der Waals surface area (Å²) in [4.78, 5) is 8.41. The van der Waals surface area contributed by atoms with Crippen molar-refractivity contribution in [2.24, 2.45) is 0 Å². The SMILES string of the molecule is Cc1ccc2ncc(-c3cccnc3)n2n1. The van der Waals surface area contributed by atoms with Crippen LogP contribution in [-0.2, 0) is 0 Å². The van der Waals surface area contributed by atoms with Gasteiger partial charge in [0.15, 0.2) is 5.65 Å². The summed E-state index contributed by atoms with van der Waals surface area (Å²) in [5.41, 5.74) is 3.81. The molecule has 4 nitrogen and oxygen atoms in total. The molecule has 0 atom stereocenters. The van der Waals surface area contributed by atoms with E-state index in [1.54, 1.807) is 6.20 Å². The summed E-state index contributed by atoms with van der Waals surface area (Å²) in [6.45, 7) is 1.96. The number of aromatic nitrogens is 4. The van der Waals surface area contributed by atoms with Crippen molar-refractivity contribution in [1.82, 2.24) is 19.6 Å². The molecular formula is C12H10N4. The Morgan fingerprint density at radius 1 is 1.12 bits per heavy atom. The van der Waals surface area contributed by atoms with Crippen molar-refractivity contribution in [2.45, 2.75) is 6.92 Å². The van der Waals surface area contributed by atoms with E-state index in [9.17, 15) is 0 Å². The Morgan fingerprint density at radius 3 is 2.88 bits per heavy atom. The first kappa shape index (κ1) is 9.03. The predicted molar refractivity (Wildman–Crippen MR) is 61.0 cm³/mol. The molecule has 0 unspecified atom stereocenters. The summed E-state index contributed by atoms with van der Waals surface area (Å²) in [6.07, 6.45) is 5.39. The zero-order valence-electron chi connectivity index (χ0n) is 8.83. The highest BCUT2D eigenvalue weighted by Gasteiger charge is 2.06. The van der Waals surface area contributed by atoms with Crippen molar-refractivity contribution in [2.75, 3.05) is 0 Å². The molecule has 0 N–H and O–H groups in total. The van der Waals surface area contributed by atoms with E-state index in [1.807, 2.05) is 48.1 Å². The molecule has 0 amide bonds. The molecule has 3 aromatic heterocycles. The van der Waals surface area contributed by atoms with E-state index in [2.05, 4.69) is 15.1 Å². The van der Waals surface area contributed by atoms with Gasteiger partial charge in [-0.2, -0.15) is 5.10 Å². The van der Waals surface area contributed by atoms with E-state index in [0.717, 1.165) is 22.6 Å². The average molecular weight is 210 g/mol. The summed E-state index contributed by atoms with van der Waals surface area (Å²) >= 11 is 0. The van der Waals surface area contributed by atoms with Gasteiger partial charge in [-0.25, -0.2) is 9.50 Å². The van der Waals surface area contributed by atoms with Gasteiger partial charge in [-0.05, 0) is 31.2 Å². The highest BCUT2D eigenvalue weighted by molar-refractivity contribution is 5.61. The fourth-order valence-corrected chi connectivity index (χ4v) is 1.68. The molecule has 0 saturated carbocycles. The molecule has 0 aromatic carbocycles. The molecule has 0 fully saturated rings. The number of hydrogen-bond acceptors (Lipinski definition) is 3. The van der Waals surface area contributed by atoms with Gasteiger partial charge in [0.1, 0.15) is 0 Å². The van der Waals surface area contributed by atoms with E-state index in [4.69, 9.17) is 0 Å². The van der Waals surface area contributed by atoms with Crippen molar-refractivity contribution in [1.29, 1.82) is 0 Å². The maximum Gasteiger partial charge on any atom is 0.154 e. The molecule has 0 aliphatic rings. The number of aryl methyl sites for hydroxylation is 1. The highest BCUT2D eigenvalue weighted by Crippen LogP contribution is 2.18. The maximum atomic E-state index is 4.44. The Kier molecular flexibility index (Phi) is 1.93. The summed E-state index contributed by atoms with van der Waals surface area (Å²) in [6, 6.07) is 7.82. The summed E-state index contributed by atoms with van der Waals surface area (Å²) in [5.74, 6) is 0. The van der Waals surface area contributed by atoms with Crippen LogP contribution in [0.3, 0.4) is 0 Å². The van der Waals surface area contributed by atoms with E-state index in [0.29, 0.717) is 0 Å². The third-order valence-electron chi connectivity index (χ3n) is 2.45. The number of nitrogens with zero attached hydrogens (tertiary/aromatic N) is 4. The van der Waals surface area contributed by atoms with Crippen LogP contribution in [-0.4, -0.2) is 19.6 Å². The Labute approximate surface area is 92.6 Å². The summed E-state index contributed by atoms with van der Waals surface area (Å²) < 4.78 is 1.84. The Morgan fingerprint density at radius 2 is 2.06 bits per heavy atom. The lowest BCUT2D eigenvalue weighted by atomic mass is 10.2. The van der Waals surface area contributed by atoms with E-state index < -0.39 is 0 Å². The van der Waals surface area contributed by atoms with Crippen LogP contribution < -0.4 is 0 Å². The minimum atomic E-state index is 0.851. The molecule has 0 bridgehead atoms. The molecule has 0 aliphatic carbocycles. The molecule has 16 heavy (non-hydrogen) atoms. The van der Waals surface area contributed by atoms with Gasteiger partial charge in [-0.3, -0.25) is 4.98 Å². The standard InChI is InChI=1S/C12H10N4/c1-9-4-5-12-14-8-11(16(12)15-9)10-3-2-6-13-7-10/h2-8H,1H3. The van der Waals surface area contributed by atoms with Gasteiger partial charge in [0, 0.05) is 18.0 Å². The van der Waals surface area contributed by atoms with E-state index in [-0.39, 0.29) is 0 Å². The minimum Gasteiger partial charge on any atom is -0.264 e. The van der Waals surface area contributed by atoms with Crippen LogP contribution in [0.2, 0.25) is 0 Å². The molecule has 4 heteroatoms. The van der Waals surface area contributed by atoms with Gasteiger partial charge in [0.05, 0.1) is 17.6 Å². The first-order chi connectivity index (χ1) is 7.84. The fraction of sp³-hybridized carbons (Fsp3) is 0.0833. The lowest BCUT2D eigenvalue weighted by Crippen LogP contribution is -1.96. The average Bonchev–Trinajstić information content (AvgIpc) is 2.73. The highest BCUT2D eigenvalue weighted by atomic mass is 15.3. The number of hydrogen-bond donors (Lipinski definition) is 0. The quantitative estimate of drug-likeness (QED) is 0.617. The van der Waals surface area contributed by atoms with Gasteiger partial charge < -0.3 is 0 Å². The molecule has 0 spiro atoms. The number of fused-ring (bicyclic) bond motifs is 1. The lowest BCUT2D eigenvalue weighted by Gasteiger charge is -2.00. The normalized spacial score (nSPS) is 10.8. The van der Waals surface area contributed by atoms with Gasteiger partial charge in [-0.1, -0.05) is 0 Å². The number of pyridine rings is 1. The maximum absolute atomic E-state index is 4.44. The number of imidazole rings is 1. The third kappa shape index (κ3) is 1.35. The smallest absolute Gasteiger partial charge is 0.154 e. The monoisotopic (exact) mass is 210 g/mol. The van der Waals surface area contributed by atoms with Crippen molar-refractivity contribution in [3.8, 4) is 11.3 Å². The fourth-order valence-electron chi connectivity index (χ4n) is 1.68. The Hall–Kier alpha value is -2.23. The number of rotatable bonds is 1. The van der Waals surface area contributed by atoms with Crippen molar-refractivity contribution < 1.29 is 0 Å². The second-order valence-electron chi connectivity index (χ2n) is 3.63. The van der Waals surface area contributed by atoms with Crippen LogP contribution in [0.25, 0.3) is 16.9 Å². The largest absolute Gasteiger partial charge is 0.264 e. The first-order valence-electron chi connectivity index (χ1n) is 5.06. The second kappa shape index (κ2) is 3.41. The van der Waals surface area contributed by atoms with Gasteiger partial charge in [-0.15, -0.1) is 0 Å². The predicted octanol–water partition coefficient (Wildman–Crippen LogP) is 2.10. The molecular weight excluding hydrogens is 200 g/mol. The second-order valence-corrected chi connectivity index (χ2v) is 3.63. The van der Waals surface area contributed by atoms with Crippen LogP contribution in [0.4, 0.5) is 0 Å².